The Hall–Kier alpha value is -0.610. The first-order chi connectivity index (χ1) is 7.09. The molecule has 15 heavy (non-hydrogen) atoms. The van der Waals surface area contributed by atoms with Crippen LogP contribution in [0.15, 0.2) is 0 Å². The van der Waals surface area contributed by atoms with E-state index in [4.69, 9.17) is 9.84 Å². The highest BCUT2D eigenvalue weighted by molar-refractivity contribution is 5.69. The molecule has 4 heteroatoms. The molecular formula is C11H21NO3. The van der Waals surface area contributed by atoms with Crippen LogP contribution in [-0.2, 0) is 9.53 Å². The van der Waals surface area contributed by atoms with Crippen LogP contribution in [0.4, 0.5) is 0 Å². The van der Waals surface area contributed by atoms with Crippen molar-refractivity contribution < 1.29 is 14.6 Å². The number of ether oxygens (including phenoxy) is 1. The molecule has 1 heterocycles. The van der Waals surface area contributed by atoms with Crippen molar-refractivity contribution in [3.8, 4) is 0 Å². The van der Waals surface area contributed by atoms with E-state index < -0.39 is 5.97 Å². The molecule has 4 nitrogen and oxygen atoms in total. The molecule has 0 bridgehead atoms. The van der Waals surface area contributed by atoms with Gasteiger partial charge in [0.05, 0.1) is 12.5 Å². The van der Waals surface area contributed by atoms with Gasteiger partial charge in [-0.2, -0.15) is 0 Å². The summed E-state index contributed by atoms with van der Waals surface area (Å²) < 4.78 is 5.39. The zero-order chi connectivity index (χ0) is 11.3. The van der Waals surface area contributed by atoms with Gasteiger partial charge in [-0.05, 0) is 25.8 Å². The number of hydrogen-bond donors (Lipinski definition) is 1. The summed E-state index contributed by atoms with van der Waals surface area (Å²) in [4.78, 5) is 12.8. The fraction of sp³-hybridized carbons (Fsp3) is 0.909. The van der Waals surface area contributed by atoms with Gasteiger partial charge in [0.25, 0.3) is 0 Å². The van der Waals surface area contributed by atoms with Crippen LogP contribution in [0.2, 0.25) is 0 Å². The van der Waals surface area contributed by atoms with E-state index in [2.05, 4.69) is 4.90 Å². The maximum Gasteiger partial charge on any atom is 0.307 e. The Labute approximate surface area is 91.2 Å². The Morgan fingerprint density at radius 3 is 2.93 bits per heavy atom. The van der Waals surface area contributed by atoms with Gasteiger partial charge in [0.2, 0.25) is 0 Å². The Morgan fingerprint density at radius 2 is 2.40 bits per heavy atom. The summed E-state index contributed by atoms with van der Waals surface area (Å²) >= 11 is 0. The third-order valence-electron chi connectivity index (χ3n) is 2.83. The third kappa shape index (κ3) is 4.62. The summed E-state index contributed by atoms with van der Waals surface area (Å²) in [5.41, 5.74) is 0. The second kappa shape index (κ2) is 6.08. The van der Waals surface area contributed by atoms with E-state index in [0.717, 1.165) is 26.2 Å². The summed E-state index contributed by atoms with van der Waals surface area (Å²) in [5.74, 6) is -0.439. The van der Waals surface area contributed by atoms with Crippen molar-refractivity contribution >= 4 is 5.97 Å². The lowest BCUT2D eigenvalue weighted by molar-refractivity contribution is -0.141. The summed E-state index contributed by atoms with van der Waals surface area (Å²) in [6.07, 6.45) is 2.33. The van der Waals surface area contributed by atoms with Crippen molar-refractivity contribution in [2.45, 2.75) is 19.8 Å². The second-order valence-electron chi connectivity index (χ2n) is 4.54. The van der Waals surface area contributed by atoms with Crippen LogP contribution in [0.3, 0.4) is 0 Å². The molecule has 0 aromatic heterocycles. The van der Waals surface area contributed by atoms with Crippen molar-refractivity contribution in [1.29, 1.82) is 0 Å². The van der Waals surface area contributed by atoms with Gasteiger partial charge in [0, 0.05) is 19.7 Å². The zero-order valence-electron chi connectivity index (χ0n) is 9.61. The quantitative estimate of drug-likeness (QED) is 0.745. The molecule has 0 radical (unpaired) electrons. The largest absolute Gasteiger partial charge is 0.481 e. The minimum absolute atomic E-state index is 0.292. The fourth-order valence-corrected chi connectivity index (χ4v) is 2.01. The zero-order valence-corrected chi connectivity index (χ0v) is 9.61. The minimum Gasteiger partial charge on any atom is -0.481 e. The van der Waals surface area contributed by atoms with Crippen LogP contribution in [0.5, 0.6) is 0 Å². The number of carboxylic acids is 1. The molecule has 1 aliphatic heterocycles. The predicted octanol–water partition coefficient (Wildman–Crippen LogP) is 1.07. The summed E-state index contributed by atoms with van der Waals surface area (Å²) in [7, 11) is 1.98. The van der Waals surface area contributed by atoms with Crippen LogP contribution in [-0.4, -0.2) is 49.3 Å². The van der Waals surface area contributed by atoms with E-state index in [1.165, 1.54) is 6.42 Å². The average Bonchev–Trinajstić information content (AvgIpc) is 2.18. The molecule has 1 saturated heterocycles. The van der Waals surface area contributed by atoms with Crippen LogP contribution in [0.25, 0.3) is 0 Å². The standard InChI is InChI=1S/C11H21NO3/c1-9(11(13)14)6-12(2)7-10-4-3-5-15-8-10/h9-10H,3-8H2,1-2H3,(H,13,14). The predicted molar refractivity (Wildman–Crippen MR) is 57.8 cm³/mol. The van der Waals surface area contributed by atoms with Crippen molar-refractivity contribution in [2.75, 3.05) is 33.4 Å². The maximum atomic E-state index is 10.7. The molecular weight excluding hydrogens is 194 g/mol. The first-order valence-electron chi connectivity index (χ1n) is 5.58. The van der Waals surface area contributed by atoms with Crippen molar-refractivity contribution in [2.24, 2.45) is 11.8 Å². The van der Waals surface area contributed by atoms with E-state index in [9.17, 15) is 4.79 Å². The van der Waals surface area contributed by atoms with Gasteiger partial charge in [-0.25, -0.2) is 0 Å². The first-order valence-corrected chi connectivity index (χ1v) is 5.58. The highest BCUT2D eigenvalue weighted by Crippen LogP contribution is 2.14. The number of carbonyl (C=O) groups is 1. The Balaban J connectivity index is 2.22. The highest BCUT2D eigenvalue weighted by atomic mass is 16.5. The van der Waals surface area contributed by atoms with Gasteiger partial charge in [0.15, 0.2) is 0 Å². The van der Waals surface area contributed by atoms with E-state index in [1.54, 1.807) is 6.92 Å². The lowest BCUT2D eigenvalue weighted by Gasteiger charge is -2.27. The van der Waals surface area contributed by atoms with Gasteiger partial charge >= 0.3 is 5.97 Å². The third-order valence-corrected chi connectivity index (χ3v) is 2.83. The van der Waals surface area contributed by atoms with Crippen LogP contribution >= 0.6 is 0 Å². The number of carboxylic acid groups (broad SMARTS) is 1. The molecule has 0 aromatic carbocycles. The smallest absolute Gasteiger partial charge is 0.307 e. The molecule has 2 unspecified atom stereocenters. The van der Waals surface area contributed by atoms with Crippen molar-refractivity contribution in [3.05, 3.63) is 0 Å². The van der Waals surface area contributed by atoms with E-state index >= 15 is 0 Å². The topological polar surface area (TPSA) is 49.8 Å². The summed E-state index contributed by atoms with van der Waals surface area (Å²) in [6.45, 7) is 5.01. The summed E-state index contributed by atoms with van der Waals surface area (Å²) in [5, 5.41) is 8.79. The Morgan fingerprint density at radius 1 is 1.67 bits per heavy atom. The molecule has 0 amide bonds. The highest BCUT2D eigenvalue weighted by Gasteiger charge is 2.18. The maximum absolute atomic E-state index is 10.7. The molecule has 0 spiro atoms. The molecule has 2 atom stereocenters. The fourth-order valence-electron chi connectivity index (χ4n) is 2.01. The molecule has 1 fully saturated rings. The molecule has 88 valence electrons. The minimum atomic E-state index is -0.721. The molecule has 0 saturated carbocycles. The normalized spacial score (nSPS) is 24.1. The SMILES string of the molecule is CC(CN(C)CC1CCCOC1)C(=O)O. The number of rotatable bonds is 5. The molecule has 1 N–H and O–H groups in total. The van der Waals surface area contributed by atoms with Gasteiger partial charge in [-0.1, -0.05) is 6.92 Å². The van der Waals surface area contributed by atoms with Crippen molar-refractivity contribution in [1.82, 2.24) is 4.90 Å². The van der Waals surface area contributed by atoms with Crippen molar-refractivity contribution in [3.63, 3.8) is 0 Å². The van der Waals surface area contributed by atoms with Gasteiger partial charge in [-0.15, -0.1) is 0 Å². The Bertz CT molecular complexity index is 202. The molecule has 1 aliphatic rings. The van der Waals surface area contributed by atoms with Crippen LogP contribution in [0.1, 0.15) is 19.8 Å². The number of aliphatic carboxylic acids is 1. The van der Waals surface area contributed by atoms with E-state index in [0.29, 0.717) is 12.5 Å². The van der Waals surface area contributed by atoms with Gasteiger partial charge < -0.3 is 14.7 Å². The number of hydrogen-bond acceptors (Lipinski definition) is 3. The van der Waals surface area contributed by atoms with Gasteiger partial charge in [0.1, 0.15) is 0 Å². The second-order valence-corrected chi connectivity index (χ2v) is 4.54. The van der Waals surface area contributed by atoms with E-state index in [1.807, 2.05) is 7.05 Å². The summed E-state index contributed by atoms with van der Waals surface area (Å²) in [6, 6.07) is 0. The van der Waals surface area contributed by atoms with Gasteiger partial charge in [-0.3, -0.25) is 4.79 Å². The van der Waals surface area contributed by atoms with Crippen LogP contribution < -0.4 is 0 Å². The van der Waals surface area contributed by atoms with Crippen LogP contribution in [0, 0.1) is 11.8 Å². The average molecular weight is 215 g/mol. The molecule has 0 aromatic rings. The lowest BCUT2D eigenvalue weighted by atomic mass is 10.0. The first kappa shape index (κ1) is 12.5. The van der Waals surface area contributed by atoms with E-state index in [-0.39, 0.29) is 5.92 Å². The number of nitrogens with zero attached hydrogens (tertiary/aromatic N) is 1. The molecule has 0 aliphatic carbocycles. The monoisotopic (exact) mass is 215 g/mol. The lowest BCUT2D eigenvalue weighted by Crippen LogP contribution is -2.35. The Kier molecular flexibility index (Phi) is 5.05. The molecule has 1 rings (SSSR count).